The Balaban J connectivity index is 2.02. The number of nitrogens with one attached hydrogen (secondary N) is 2. The molecule has 0 atom stereocenters. The first-order valence-electron chi connectivity index (χ1n) is 5.75. The summed E-state index contributed by atoms with van der Waals surface area (Å²) in [5, 5.41) is 19.7. The van der Waals surface area contributed by atoms with Crippen LogP contribution in [0.3, 0.4) is 0 Å². The van der Waals surface area contributed by atoms with Gasteiger partial charge in [-0.1, -0.05) is 6.07 Å². The molecule has 4 N–H and O–H groups in total. The van der Waals surface area contributed by atoms with E-state index < -0.39 is 10.8 Å². The minimum atomic E-state index is -0.624. The second-order valence-electron chi connectivity index (χ2n) is 3.93. The molecule has 9 nitrogen and oxygen atoms in total. The number of amides is 1. The molecule has 0 fully saturated rings. The van der Waals surface area contributed by atoms with Gasteiger partial charge in [-0.25, -0.2) is 4.98 Å². The summed E-state index contributed by atoms with van der Waals surface area (Å²) in [6.45, 7) is 0.316. The normalized spacial score (nSPS) is 10.2. The smallest absolute Gasteiger partial charge is 0.292 e. The molecule has 2 rings (SSSR count). The van der Waals surface area contributed by atoms with Gasteiger partial charge in [-0.3, -0.25) is 20.0 Å². The van der Waals surface area contributed by atoms with Gasteiger partial charge in [-0.2, -0.15) is 5.10 Å². The van der Waals surface area contributed by atoms with Crippen LogP contribution in [0.25, 0.3) is 0 Å². The minimum Gasteiger partial charge on any atom is -0.393 e. The number of carbonyl (C=O) groups is 1. The van der Waals surface area contributed by atoms with Crippen molar-refractivity contribution in [2.45, 2.75) is 6.42 Å². The second kappa shape index (κ2) is 5.78. The number of nitrogen functional groups attached to an aromatic ring is 1. The Morgan fingerprint density at radius 2 is 2.30 bits per heavy atom. The number of anilines is 1. The van der Waals surface area contributed by atoms with Crippen LogP contribution < -0.4 is 11.1 Å². The molecular weight excluding hydrogens is 264 g/mol. The number of nitro benzene ring substituents is 1. The third-order valence-electron chi connectivity index (χ3n) is 2.64. The SMILES string of the molecule is Nc1c(C(=O)NCCc2ncn[nH]2)cccc1[N+](=O)[O-]. The summed E-state index contributed by atoms with van der Waals surface area (Å²) in [4.78, 5) is 25.9. The van der Waals surface area contributed by atoms with E-state index in [-0.39, 0.29) is 16.9 Å². The van der Waals surface area contributed by atoms with Crippen molar-refractivity contribution in [3.05, 3.63) is 46.0 Å². The number of hydrogen-bond acceptors (Lipinski definition) is 6. The highest BCUT2D eigenvalue weighted by atomic mass is 16.6. The van der Waals surface area contributed by atoms with Gasteiger partial charge in [0.15, 0.2) is 0 Å². The zero-order chi connectivity index (χ0) is 14.5. The number of rotatable bonds is 5. The molecule has 9 heteroatoms. The highest BCUT2D eigenvalue weighted by Gasteiger charge is 2.18. The molecule has 0 saturated heterocycles. The highest BCUT2D eigenvalue weighted by molar-refractivity contribution is 6.00. The number of para-hydroxylation sites is 1. The van der Waals surface area contributed by atoms with E-state index in [0.29, 0.717) is 18.8 Å². The molecule has 2 aromatic rings. The van der Waals surface area contributed by atoms with Crippen LogP contribution in [0.1, 0.15) is 16.2 Å². The van der Waals surface area contributed by atoms with Crippen molar-refractivity contribution in [2.24, 2.45) is 0 Å². The van der Waals surface area contributed by atoms with Gasteiger partial charge in [-0.15, -0.1) is 0 Å². The van der Waals surface area contributed by atoms with Crippen molar-refractivity contribution in [1.82, 2.24) is 20.5 Å². The van der Waals surface area contributed by atoms with Crippen LogP contribution in [-0.4, -0.2) is 32.6 Å². The van der Waals surface area contributed by atoms with Crippen molar-refractivity contribution >= 4 is 17.3 Å². The molecule has 0 aliphatic rings. The third-order valence-corrected chi connectivity index (χ3v) is 2.64. The molecule has 1 amide bonds. The number of hydrogen-bond donors (Lipinski definition) is 3. The van der Waals surface area contributed by atoms with Crippen molar-refractivity contribution < 1.29 is 9.72 Å². The summed E-state index contributed by atoms with van der Waals surface area (Å²) in [6.07, 6.45) is 1.84. The Labute approximate surface area is 113 Å². The second-order valence-corrected chi connectivity index (χ2v) is 3.93. The van der Waals surface area contributed by atoms with Crippen molar-refractivity contribution in [3.63, 3.8) is 0 Å². The maximum Gasteiger partial charge on any atom is 0.292 e. The Morgan fingerprint density at radius 1 is 1.50 bits per heavy atom. The van der Waals surface area contributed by atoms with Crippen LogP contribution in [0.2, 0.25) is 0 Å². The van der Waals surface area contributed by atoms with Crippen molar-refractivity contribution in [1.29, 1.82) is 0 Å². The molecule has 0 saturated carbocycles. The first-order valence-corrected chi connectivity index (χ1v) is 5.75. The van der Waals surface area contributed by atoms with E-state index >= 15 is 0 Å². The van der Waals surface area contributed by atoms with Gasteiger partial charge in [-0.05, 0) is 6.07 Å². The predicted octanol–water partition coefficient (Wildman–Crippen LogP) is 0.268. The molecule has 104 valence electrons. The zero-order valence-corrected chi connectivity index (χ0v) is 10.4. The number of aromatic nitrogens is 3. The maximum absolute atomic E-state index is 11.9. The van der Waals surface area contributed by atoms with Gasteiger partial charge in [0.05, 0.1) is 10.5 Å². The standard InChI is InChI=1S/C11H12N6O3/c12-10-7(2-1-3-8(10)17(19)20)11(18)13-5-4-9-14-6-15-16-9/h1-3,6H,4-5,12H2,(H,13,18)(H,14,15,16). The van der Waals surface area contributed by atoms with E-state index in [9.17, 15) is 14.9 Å². The number of nitrogens with two attached hydrogens (primary N) is 1. The van der Waals surface area contributed by atoms with Crippen molar-refractivity contribution in [2.75, 3.05) is 12.3 Å². The molecule has 1 aromatic heterocycles. The number of nitrogens with zero attached hydrogens (tertiary/aromatic N) is 3. The zero-order valence-electron chi connectivity index (χ0n) is 10.4. The summed E-state index contributed by atoms with van der Waals surface area (Å²) in [7, 11) is 0. The molecule has 0 aliphatic heterocycles. The first kappa shape index (κ1) is 13.5. The quantitative estimate of drug-likeness (QED) is 0.406. The Kier molecular flexibility index (Phi) is 3.89. The largest absolute Gasteiger partial charge is 0.393 e. The van der Waals surface area contributed by atoms with Crippen LogP contribution in [0.5, 0.6) is 0 Å². The van der Waals surface area contributed by atoms with Gasteiger partial charge in [0.1, 0.15) is 17.8 Å². The van der Waals surface area contributed by atoms with Gasteiger partial charge in [0.2, 0.25) is 0 Å². The number of nitro groups is 1. The van der Waals surface area contributed by atoms with E-state index in [1.165, 1.54) is 24.5 Å². The first-order chi connectivity index (χ1) is 9.59. The van der Waals surface area contributed by atoms with Crippen LogP contribution in [0.4, 0.5) is 11.4 Å². The van der Waals surface area contributed by atoms with E-state index in [2.05, 4.69) is 20.5 Å². The van der Waals surface area contributed by atoms with E-state index in [4.69, 9.17) is 5.73 Å². The van der Waals surface area contributed by atoms with Crippen LogP contribution >= 0.6 is 0 Å². The fourth-order valence-corrected chi connectivity index (χ4v) is 1.65. The Morgan fingerprint density at radius 3 is 2.95 bits per heavy atom. The lowest BCUT2D eigenvalue weighted by Crippen LogP contribution is -2.27. The summed E-state index contributed by atoms with van der Waals surface area (Å²) >= 11 is 0. The van der Waals surface area contributed by atoms with Crippen LogP contribution in [0.15, 0.2) is 24.5 Å². The lowest BCUT2D eigenvalue weighted by atomic mass is 10.1. The summed E-state index contributed by atoms with van der Waals surface area (Å²) in [5.41, 5.74) is 5.27. The Bertz CT molecular complexity index is 625. The predicted molar refractivity (Wildman–Crippen MR) is 69.9 cm³/mol. The monoisotopic (exact) mass is 276 g/mol. The van der Waals surface area contributed by atoms with Crippen LogP contribution in [-0.2, 0) is 6.42 Å². The number of H-pyrrole nitrogens is 1. The fourth-order valence-electron chi connectivity index (χ4n) is 1.65. The summed E-state index contributed by atoms with van der Waals surface area (Å²) < 4.78 is 0. The lowest BCUT2D eigenvalue weighted by Gasteiger charge is -2.06. The van der Waals surface area contributed by atoms with E-state index in [1.807, 2.05) is 0 Å². The Hall–Kier alpha value is -2.97. The van der Waals surface area contributed by atoms with E-state index in [0.717, 1.165) is 0 Å². The highest BCUT2D eigenvalue weighted by Crippen LogP contribution is 2.24. The minimum absolute atomic E-state index is 0.0803. The average molecular weight is 276 g/mol. The van der Waals surface area contributed by atoms with Gasteiger partial charge >= 0.3 is 0 Å². The van der Waals surface area contributed by atoms with Crippen molar-refractivity contribution in [3.8, 4) is 0 Å². The third kappa shape index (κ3) is 2.88. The number of aromatic amines is 1. The van der Waals surface area contributed by atoms with Crippen LogP contribution in [0, 0.1) is 10.1 Å². The van der Waals surface area contributed by atoms with Gasteiger partial charge < -0.3 is 11.1 Å². The summed E-state index contributed by atoms with van der Waals surface area (Å²) in [6, 6.07) is 4.10. The molecule has 0 spiro atoms. The molecule has 0 bridgehead atoms. The molecule has 1 aromatic carbocycles. The fraction of sp³-hybridized carbons (Fsp3) is 0.182. The molecule has 0 unspecified atom stereocenters. The molecule has 0 radical (unpaired) electrons. The molecule has 0 aliphatic carbocycles. The lowest BCUT2D eigenvalue weighted by molar-refractivity contribution is -0.383. The van der Waals surface area contributed by atoms with Gasteiger partial charge in [0.25, 0.3) is 11.6 Å². The van der Waals surface area contributed by atoms with E-state index in [1.54, 1.807) is 0 Å². The average Bonchev–Trinajstić information content (AvgIpc) is 2.91. The topological polar surface area (TPSA) is 140 Å². The molecule has 20 heavy (non-hydrogen) atoms. The number of benzene rings is 1. The maximum atomic E-state index is 11.9. The number of carbonyl (C=O) groups excluding carboxylic acids is 1. The molecule has 1 heterocycles. The summed E-state index contributed by atoms with van der Waals surface area (Å²) in [5.74, 6) is 0.169. The van der Waals surface area contributed by atoms with Gasteiger partial charge in [0, 0.05) is 19.0 Å². The molecular formula is C11H12N6O3.